The molecule has 0 bridgehead atoms. The fourth-order valence-corrected chi connectivity index (χ4v) is 2.29. The average Bonchev–Trinajstić information content (AvgIpc) is 2.71. The van der Waals surface area contributed by atoms with Gasteiger partial charge >= 0.3 is 0 Å². The fourth-order valence-electron chi connectivity index (χ4n) is 2.03. The second kappa shape index (κ2) is 5.09. The Morgan fingerprint density at radius 2 is 1.45 bits per heavy atom. The summed E-state index contributed by atoms with van der Waals surface area (Å²) in [7, 11) is 0. The molecule has 0 spiro atoms. The van der Waals surface area contributed by atoms with Gasteiger partial charge in [-0.15, -0.1) is 0 Å². The number of amides is 2. The third-order valence-corrected chi connectivity index (χ3v) is 3.58. The molecule has 5 heteroatoms. The van der Waals surface area contributed by atoms with Crippen LogP contribution in [0.1, 0.15) is 20.7 Å². The fraction of sp³-hybridized carbons (Fsp3) is 0.0667. The van der Waals surface area contributed by atoms with Crippen molar-refractivity contribution in [3.63, 3.8) is 0 Å². The molecular weight excluding hydrogens is 322 g/mol. The quantitative estimate of drug-likeness (QED) is 0.812. The monoisotopic (exact) mass is 331 g/mol. The van der Waals surface area contributed by atoms with Crippen molar-refractivity contribution < 1.29 is 14.3 Å². The Morgan fingerprint density at radius 1 is 0.900 bits per heavy atom. The SMILES string of the molecule is O=C1c2ccccc2C(=O)N1COc1ccc(Br)cc1. The zero-order chi connectivity index (χ0) is 14.1. The van der Waals surface area contributed by atoms with Crippen LogP contribution in [0, 0.1) is 0 Å². The summed E-state index contributed by atoms with van der Waals surface area (Å²) >= 11 is 3.33. The molecule has 0 aromatic heterocycles. The topological polar surface area (TPSA) is 46.6 Å². The van der Waals surface area contributed by atoms with Crippen molar-refractivity contribution in [3.05, 3.63) is 64.1 Å². The number of carbonyl (C=O) groups is 2. The lowest BCUT2D eigenvalue weighted by molar-refractivity contribution is 0.0522. The summed E-state index contributed by atoms with van der Waals surface area (Å²) in [5, 5.41) is 0. The number of ether oxygens (including phenoxy) is 1. The minimum Gasteiger partial charge on any atom is -0.473 e. The number of nitrogens with zero attached hydrogens (tertiary/aromatic N) is 1. The van der Waals surface area contributed by atoms with Crippen LogP contribution in [0.15, 0.2) is 53.0 Å². The van der Waals surface area contributed by atoms with E-state index in [1.165, 1.54) is 0 Å². The van der Waals surface area contributed by atoms with E-state index in [1.807, 2.05) is 12.1 Å². The van der Waals surface area contributed by atoms with Crippen LogP contribution in [-0.4, -0.2) is 23.4 Å². The molecule has 0 aliphatic carbocycles. The van der Waals surface area contributed by atoms with E-state index in [4.69, 9.17) is 4.74 Å². The lowest BCUT2D eigenvalue weighted by Crippen LogP contribution is -2.33. The van der Waals surface area contributed by atoms with Gasteiger partial charge in [0.15, 0.2) is 6.73 Å². The summed E-state index contributed by atoms with van der Waals surface area (Å²) in [6.07, 6.45) is 0. The molecule has 0 saturated carbocycles. The second-order valence-electron chi connectivity index (χ2n) is 4.31. The Morgan fingerprint density at radius 3 is 2.00 bits per heavy atom. The number of halogens is 1. The second-order valence-corrected chi connectivity index (χ2v) is 5.23. The molecule has 0 atom stereocenters. The molecule has 0 unspecified atom stereocenters. The predicted octanol–water partition coefficient (Wildman–Crippen LogP) is 3.08. The van der Waals surface area contributed by atoms with Crippen LogP contribution in [0.5, 0.6) is 5.75 Å². The summed E-state index contributed by atoms with van der Waals surface area (Å²) in [5.41, 5.74) is 0.855. The first kappa shape index (κ1) is 12.9. The molecule has 2 aromatic carbocycles. The van der Waals surface area contributed by atoms with E-state index >= 15 is 0 Å². The first-order chi connectivity index (χ1) is 9.66. The van der Waals surface area contributed by atoms with Gasteiger partial charge in [-0.2, -0.15) is 0 Å². The normalized spacial score (nSPS) is 13.6. The first-order valence-electron chi connectivity index (χ1n) is 6.00. The molecule has 20 heavy (non-hydrogen) atoms. The summed E-state index contributed by atoms with van der Waals surface area (Å²) in [5.74, 6) is -0.0322. The van der Waals surface area contributed by atoms with Gasteiger partial charge < -0.3 is 4.74 Å². The molecule has 2 amide bonds. The van der Waals surface area contributed by atoms with Crippen molar-refractivity contribution in [3.8, 4) is 5.75 Å². The molecule has 1 heterocycles. The highest BCUT2D eigenvalue weighted by atomic mass is 79.9. The third-order valence-electron chi connectivity index (χ3n) is 3.05. The van der Waals surface area contributed by atoms with E-state index in [1.54, 1.807) is 36.4 Å². The van der Waals surface area contributed by atoms with Crippen molar-refractivity contribution in [2.24, 2.45) is 0 Å². The van der Waals surface area contributed by atoms with Gasteiger partial charge in [-0.3, -0.25) is 9.59 Å². The van der Waals surface area contributed by atoms with E-state index in [0.29, 0.717) is 16.9 Å². The molecule has 1 aliphatic rings. The van der Waals surface area contributed by atoms with Crippen molar-refractivity contribution in [2.45, 2.75) is 0 Å². The summed E-state index contributed by atoms with van der Waals surface area (Å²) in [6.45, 7) is -0.0893. The molecule has 4 nitrogen and oxygen atoms in total. The van der Waals surface area contributed by atoms with Gasteiger partial charge in [-0.1, -0.05) is 28.1 Å². The van der Waals surface area contributed by atoms with Crippen molar-refractivity contribution in [2.75, 3.05) is 6.73 Å². The van der Waals surface area contributed by atoms with E-state index in [2.05, 4.69) is 15.9 Å². The summed E-state index contributed by atoms with van der Waals surface area (Å²) in [6, 6.07) is 14.0. The van der Waals surface area contributed by atoms with Crippen LogP contribution >= 0.6 is 15.9 Å². The smallest absolute Gasteiger partial charge is 0.264 e. The van der Waals surface area contributed by atoms with Gasteiger partial charge in [0, 0.05) is 4.47 Å². The largest absolute Gasteiger partial charge is 0.473 e. The maximum absolute atomic E-state index is 12.1. The number of hydrogen-bond donors (Lipinski definition) is 0. The van der Waals surface area contributed by atoms with Gasteiger partial charge in [-0.05, 0) is 36.4 Å². The Labute approximate surface area is 124 Å². The lowest BCUT2D eigenvalue weighted by Gasteiger charge is -2.14. The van der Waals surface area contributed by atoms with Gasteiger partial charge in [-0.25, -0.2) is 4.90 Å². The Bertz CT molecular complexity index is 647. The van der Waals surface area contributed by atoms with E-state index in [9.17, 15) is 9.59 Å². The minimum atomic E-state index is -0.317. The molecule has 0 saturated heterocycles. The minimum absolute atomic E-state index is 0.0893. The summed E-state index contributed by atoms with van der Waals surface area (Å²) < 4.78 is 6.42. The van der Waals surface area contributed by atoms with Crippen LogP contribution in [0.3, 0.4) is 0 Å². The molecule has 0 radical (unpaired) electrons. The van der Waals surface area contributed by atoms with Gasteiger partial charge in [0.2, 0.25) is 0 Å². The standard InChI is InChI=1S/C15H10BrNO3/c16-10-5-7-11(8-6-10)20-9-17-14(18)12-3-1-2-4-13(12)15(17)19/h1-8H,9H2. The van der Waals surface area contributed by atoms with E-state index in [-0.39, 0.29) is 18.5 Å². The van der Waals surface area contributed by atoms with Crippen LogP contribution in [0.25, 0.3) is 0 Å². The van der Waals surface area contributed by atoms with Crippen molar-refractivity contribution in [1.82, 2.24) is 4.90 Å². The molecule has 0 fully saturated rings. The van der Waals surface area contributed by atoms with Crippen LogP contribution in [0.2, 0.25) is 0 Å². The van der Waals surface area contributed by atoms with Crippen molar-refractivity contribution >= 4 is 27.7 Å². The average molecular weight is 332 g/mol. The van der Waals surface area contributed by atoms with Gasteiger partial charge in [0.1, 0.15) is 5.75 Å². The molecule has 3 rings (SSSR count). The zero-order valence-electron chi connectivity index (χ0n) is 10.4. The highest BCUT2D eigenvalue weighted by Crippen LogP contribution is 2.23. The predicted molar refractivity (Wildman–Crippen MR) is 76.6 cm³/mol. The Balaban J connectivity index is 1.75. The van der Waals surface area contributed by atoms with Crippen molar-refractivity contribution in [1.29, 1.82) is 0 Å². The first-order valence-corrected chi connectivity index (χ1v) is 6.80. The molecular formula is C15H10BrNO3. The van der Waals surface area contributed by atoms with Crippen LogP contribution in [0.4, 0.5) is 0 Å². The maximum atomic E-state index is 12.1. The van der Waals surface area contributed by atoms with Crippen LogP contribution in [-0.2, 0) is 0 Å². The number of imide groups is 1. The van der Waals surface area contributed by atoms with Gasteiger partial charge in [0.05, 0.1) is 11.1 Å². The number of carbonyl (C=O) groups excluding carboxylic acids is 2. The number of hydrogen-bond acceptors (Lipinski definition) is 3. The lowest BCUT2D eigenvalue weighted by atomic mass is 10.1. The molecule has 0 N–H and O–H groups in total. The number of benzene rings is 2. The maximum Gasteiger partial charge on any atom is 0.264 e. The molecule has 1 aliphatic heterocycles. The number of fused-ring (bicyclic) bond motifs is 1. The van der Waals surface area contributed by atoms with E-state index < -0.39 is 0 Å². The number of rotatable bonds is 3. The Kier molecular flexibility index (Phi) is 3.28. The zero-order valence-corrected chi connectivity index (χ0v) is 12.0. The summed E-state index contributed by atoms with van der Waals surface area (Å²) in [4.78, 5) is 25.3. The Hall–Kier alpha value is -2.14. The van der Waals surface area contributed by atoms with E-state index in [0.717, 1.165) is 9.37 Å². The highest BCUT2D eigenvalue weighted by molar-refractivity contribution is 9.10. The van der Waals surface area contributed by atoms with Crippen LogP contribution < -0.4 is 4.74 Å². The highest BCUT2D eigenvalue weighted by Gasteiger charge is 2.35. The van der Waals surface area contributed by atoms with Gasteiger partial charge in [0.25, 0.3) is 11.8 Å². The third kappa shape index (κ3) is 2.20. The molecule has 100 valence electrons. The molecule has 2 aromatic rings.